The van der Waals surface area contributed by atoms with Gasteiger partial charge in [-0.1, -0.05) is 18.2 Å². The average molecular weight is 400 g/mol. The molecule has 2 N–H and O–H groups in total. The molecule has 7 heteroatoms. The van der Waals surface area contributed by atoms with Crippen LogP contribution in [0.15, 0.2) is 47.4 Å². The lowest BCUT2D eigenvalue weighted by Crippen LogP contribution is -2.35. The number of anilines is 1. The van der Waals surface area contributed by atoms with Gasteiger partial charge in [-0.3, -0.25) is 9.59 Å². The summed E-state index contributed by atoms with van der Waals surface area (Å²) in [6.45, 7) is 2.30. The quantitative estimate of drug-likeness (QED) is 0.781. The van der Waals surface area contributed by atoms with Gasteiger partial charge >= 0.3 is 0 Å². The average Bonchev–Trinajstić information content (AvgIpc) is 2.68. The van der Waals surface area contributed by atoms with Gasteiger partial charge in [-0.05, 0) is 45.3 Å². The molecule has 0 radical (unpaired) electrons. The molecule has 1 aliphatic rings. The Bertz CT molecular complexity index is 885. The maximum Gasteiger partial charge on any atom is 0.251 e. The largest absolute Gasteiger partial charge is 0.496 e. The molecule has 0 saturated carbocycles. The predicted octanol–water partition coefficient (Wildman–Crippen LogP) is 3.16. The molecule has 6 nitrogen and oxygen atoms in total. The number of methoxy groups -OCH3 is 1. The maximum atomic E-state index is 12.7. The molecular formula is C21H25N3O3S. The Morgan fingerprint density at radius 1 is 1.29 bits per heavy atom. The Kier molecular flexibility index (Phi) is 6.26. The van der Waals surface area contributed by atoms with Crippen LogP contribution in [0.4, 0.5) is 5.69 Å². The second kappa shape index (κ2) is 8.67. The summed E-state index contributed by atoms with van der Waals surface area (Å²) in [6, 6.07) is 13.2. The Labute approximate surface area is 169 Å². The highest BCUT2D eigenvalue weighted by atomic mass is 32.2. The highest BCUT2D eigenvalue weighted by Crippen LogP contribution is 2.36. The SMILES string of the molecule is COc1ccccc1[C@@H](CNC(=O)c1ccc2c(c1)NC(=O)[C@H](C)S2)N(C)C. The molecule has 0 aromatic heterocycles. The number of thioether (sulfide) groups is 1. The zero-order valence-electron chi connectivity index (χ0n) is 16.5. The van der Waals surface area contributed by atoms with Crippen molar-refractivity contribution in [3.63, 3.8) is 0 Å². The molecule has 1 heterocycles. The number of para-hydroxylation sites is 1. The monoisotopic (exact) mass is 399 g/mol. The van der Waals surface area contributed by atoms with Crippen LogP contribution in [0.2, 0.25) is 0 Å². The van der Waals surface area contributed by atoms with Gasteiger partial charge in [0.25, 0.3) is 5.91 Å². The second-order valence-corrected chi connectivity index (χ2v) is 8.27. The summed E-state index contributed by atoms with van der Waals surface area (Å²) in [7, 11) is 5.58. The first-order valence-corrected chi connectivity index (χ1v) is 9.97. The van der Waals surface area contributed by atoms with E-state index in [-0.39, 0.29) is 23.1 Å². The van der Waals surface area contributed by atoms with Gasteiger partial charge in [0.1, 0.15) is 5.75 Å². The molecule has 2 amide bonds. The molecule has 28 heavy (non-hydrogen) atoms. The molecule has 2 aromatic rings. The zero-order chi connectivity index (χ0) is 20.3. The number of carbonyl (C=O) groups excluding carboxylic acids is 2. The Hall–Kier alpha value is -2.51. The fourth-order valence-corrected chi connectivity index (χ4v) is 4.08. The van der Waals surface area contributed by atoms with E-state index < -0.39 is 0 Å². The van der Waals surface area contributed by atoms with Gasteiger partial charge in [-0.25, -0.2) is 0 Å². The van der Waals surface area contributed by atoms with E-state index in [4.69, 9.17) is 4.74 Å². The second-order valence-electron chi connectivity index (χ2n) is 6.89. The molecule has 0 spiro atoms. The van der Waals surface area contributed by atoms with Crippen molar-refractivity contribution in [2.45, 2.75) is 23.1 Å². The summed E-state index contributed by atoms with van der Waals surface area (Å²) < 4.78 is 5.47. The summed E-state index contributed by atoms with van der Waals surface area (Å²) in [6.07, 6.45) is 0. The lowest BCUT2D eigenvalue weighted by molar-refractivity contribution is -0.115. The van der Waals surface area contributed by atoms with Crippen LogP contribution in [0, 0.1) is 0 Å². The third-order valence-corrected chi connectivity index (χ3v) is 5.93. The van der Waals surface area contributed by atoms with Gasteiger partial charge in [-0.2, -0.15) is 0 Å². The molecule has 0 unspecified atom stereocenters. The van der Waals surface area contributed by atoms with Crippen LogP contribution in [0.3, 0.4) is 0 Å². The molecule has 0 aliphatic carbocycles. The van der Waals surface area contributed by atoms with Gasteiger partial charge in [0.2, 0.25) is 5.91 Å². The molecular weight excluding hydrogens is 374 g/mol. The highest BCUT2D eigenvalue weighted by Gasteiger charge is 2.24. The van der Waals surface area contributed by atoms with Gasteiger partial charge < -0.3 is 20.3 Å². The van der Waals surface area contributed by atoms with E-state index in [2.05, 4.69) is 10.6 Å². The number of rotatable bonds is 6. The number of benzene rings is 2. The van der Waals surface area contributed by atoms with E-state index in [1.807, 2.05) is 56.3 Å². The number of carbonyl (C=O) groups is 2. The van der Waals surface area contributed by atoms with Crippen LogP contribution in [0.25, 0.3) is 0 Å². The molecule has 0 saturated heterocycles. The van der Waals surface area contributed by atoms with Crippen LogP contribution in [-0.2, 0) is 4.79 Å². The van der Waals surface area contributed by atoms with Crippen LogP contribution in [0.1, 0.15) is 28.9 Å². The zero-order valence-corrected chi connectivity index (χ0v) is 17.3. The molecule has 3 rings (SSSR count). The molecule has 2 atom stereocenters. The molecule has 1 aliphatic heterocycles. The fraction of sp³-hybridized carbons (Fsp3) is 0.333. The summed E-state index contributed by atoms with van der Waals surface area (Å²) in [5.74, 6) is 0.569. The number of hydrogen-bond acceptors (Lipinski definition) is 5. The van der Waals surface area contributed by atoms with Gasteiger partial charge in [0, 0.05) is 22.6 Å². The first-order valence-electron chi connectivity index (χ1n) is 9.09. The first-order chi connectivity index (χ1) is 13.4. The Balaban J connectivity index is 1.74. The number of hydrogen-bond donors (Lipinski definition) is 2. The minimum atomic E-state index is -0.178. The van der Waals surface area contributed by atoms with Crippen molar-refractivity contribution in [1.82, 2.24) is 10.2 Å². The van der Waals surface area contributed by atoms with Crippen LogP contribution in [-0.4, -0.2) is 49.7 Å². The van der Waals surface area contributed by atoms with Crippen molar-refractivity contribution in [3.05, 3.63) is 53.6 Å². The van der Waals surface area contributed by atoms with Crippen molar-refractivity contribution < 1.29 is 14.3 Å². The van der Waals surface area contributed by atoms with Crippen molar-refractivity contribution in [1.29, 1.82) is 0 Å². The van der Waals surface area contributed by atoms with Gasteiger partial charge in [0.05, 0.1) is 24.1 Å². The summed E-state index contributed by atoms with van der Waals surface area (Å²) >= 11 is 1.50. The van der Waals surface area contributed by atoms with Crippen LogP contribution in [0.5, 0.6) is 5.75 Å². The number of nitrogens with one attached hydrogen (secondary N) is 2. The lowest BCUT2D eigenvalue weighted by atomic mass is 10.0. The molecule has 148 valence electrons. The van der Waals surface area contributed by atoms with Crippen molar-refractivity contribution in [2.75, 3.05) is 33.1 Å². The summed E-state index contributed by atoms with van der Waals surface area (Å²) in [5.41, 5.74) is 2.22. The molecule has 0 bridgehead atoms. The van der Waals surface area contributed by atoms with Crippen molar-refractivity contribution >= 4 is 29.3 Å². The van der Waals surface area contributed by atoms with E-state index in [0.717, 1.165) is 16.2 Å². The number of likely N-dealkylation sites (N-methyl/N-ethyl adjacent to an activating group) is 1. The number of amides is 2. The summed E-state index contributed by atoms with van der Waals surface area (Å²) in [4.78, 5) is 27.6. The number of nitrogens with zero attached hydrogens (tertiary/aromatic N) is 1. The van der Waals surface area contributed by atoms with Gasteiger partial charge in [-0.15, -0.1) is 11.8 Å². The summed E-state index contributed by atoms with van der Waals surface area (Å²) in [5, 5.41) is 5.74. The normalized spacial score (nSPS) is 16.9. The highest BCUT2D eigenvalue weighted by molar-refractivity contribution is 8.00. The van der Waals surface area contributed by atoms with Crippen molar-refractivity contribution in [2.24, 2.45) is 0 Å². The fourth-order valence-electron chi connectivity index (χ4n) is 3.15. The Morgan fingerprint density at radius 2 is 2.04 bits per heavy atom. The predicted molar refractivity (Wildman–Crippen MR) is 112 cm³/mol. The number of ether oxygens (including phenoxy) is 1. The Morgan fingerprint density at radius 3 is 2.75 bits per heavy atom. The maximum absolute atomic E-state index is 12.7. The lowest BCUT2D eigenvalue weighted by Gasteiger charge is -2.26. The minimum Gasteiger partial charge on any atom is -0.496 e. The van der Waals surface area contributed by atoms with E-state index in [1.165, 1.54) is 11.8 Å². The third kappa shape index (κ3) is 4.31. The third-order valence-electron chi connectivity index (χ3n) is 4.75. The van der Waals surface area contributed by atoms with E-state index in [1.54, 1.807) is 19.2 Å². The van der Waals surface area contributed by atoms with E-state index in [0.29, 0.717) is 17.8 Å². The van der Waals surface area contributed by atoms with E-state index in [9.17, 15) is 9.59 Å². The minimum absolute atomic E-state index is 0.0335. The van der Waals surface area contributed by atoms with Crippen LogP contribution < -0.4 is 15.4 Å². The molecule has 2 aromatic carbocycles. The first kappa shape index (κ1) is 20.2. The topological polar surface area (TPSA) is 70.7 Å². The van der Waals surface area contributed by atoms with E-state index >= 15 is 0 Å². The van der Waals surface area contributed by atoms with Crippen molar-refractivity contribution in [3.8, 4) is 5.75 Å². The smallest absolute Gasteiger partial charge is 0.251 e. The van der Waals surface area contributed by atoms with Gasteiger partial charge in [0.15, 0.2) is 0 Å². The standard InChI is InChI=1S/C21H25N3O3S/c1-13-20(25)23-16-11-14(9-10-19(16)28-13)21(26)22-12-17(24(2)3)15-7-5-6-8-18(15)27-4/h5-11,13,17H,12H2,1-4H3,(H,22,26)(H,23,25)/t13-,17+/m0/s1. The number of fused-ring (bicyclic) bond motifs is 1. The molecule has 0 fully saturated rings. The van der Waals surface area contributed by atoms with Crippen LogP contribution >= 0.6 is 11.8 Å².